The number of H-pyrrole nitrogens is 1. The molecule has 0 fully saturated rings. The molecule has 0 unspecified atom stereocenters. The van der Waals surface area contributed by atoms with Crippen LogP contribution in [0.4, 0.5) is 11.5 Å². The standard InChI is InChI=1S/C24H21N5O2S/c1-24(2,3)16-8-6-15(7-9-16)21(30)27-20-18-12-19(32-23(18)29-28-20)22(31)26-17-10-4-14(13-25)5-11-17/h4-12H,1-3H3,(H,26,31)(H2,27,28,29,30). The zero-order valence-corrected chi connectivity index (χ0v) is 18.6. The second-order valence-electron chi connectivity index (χ2n) is 8.35. The Morgan fingerprint density at radius 2 is 1.69 bits per heavy atom. The van der Waals surface area contributed by atoms with E-state index in [0.717, 1.165) is 5.56 Å². The second-order valence-corrected chi connectivity index (χ2v) is 9.40. The first-order valence-electron chi connectivity index (χ1n) is 9.96. The topological polar surface area (TPSA) is 111 Å². The van der Waals surface area contributed by atoms with Crippen molar-refractivity contribution in [3.8, 4) is 6.07 Å². The number of hydrogen-bond acceptors (Lipinski definition) is 5. The van der Waals surface area contributed by atoms with E-state index in [4.69, 9.17) is 5.26 Å². The van der Waals surface area contributed by atoms with E-state index in [1.165, 1.54) is 11.3 Å². The van der Waals surface area contributed by atoms with E-state index < -0.39 is 0 Å². The number of nitrogens with one attached hydrogen (secondary N) is 3. The highest BCUT2D eigenvalue weighted by molar-refractivity contribution is 7.20. The number of amides is 2. The van der Waals surface area contributed by atoms with E-state index in [-0.39, 0.29) is 17.2 Å². The Balaban J connectivity index is 1.49. The van der Waals surface area contributed by atoms with Crippen LogP contribution in [0.3, 0.4) is 0 Å². The third-order valence-electron chi connectivity index (χ3n) is 5.00. The molecule has 0 aliphatic heterocycles. The van der Waals surface area contributed by atoms with Gasteiger partial charge in [0.2, 0.25) is 0 Å². The zero-order chi connectivity index (χ0) is 22.9. The molecule has 0 aliphatic rings. The fourth-order valence-corrected chi connectivity index (χ4v) is 4.04. The quantitative estimate of drug-likeness (QED) is 0.397. The minimum Gasteiger partial charge on any atom is -0.321 e. The van der Waals surface area contributed by atoms with Crippen molar-refractivity contribution in [3.63, 3.8) is 0 Å². The maximum atomic E-state index is 12.7. The molecule has 0 bridgehead atoms. The number of aromatic nitrogens is 2. The Morgan fingerprint density at radius 1 is 1.00 bits per heavy atom. The summed E-state index contributed by atoms with van der Waals surface area (Å²) in [5, 5.41) is 22.2. The number of thiophene rings is 1. The lowest BCUT2D eigenvalue weighted by Crippen LogP contribution is -2.14. The molecule has 0 atom stereocenters. The van der Waals surface area contributed by atoms with Crippen molar-refractivity contribution in [2.24, 2.45) is 0 Å². The molecule has 32 heavy (non-hydrogen) atoms. The molecule has 2 heterocycles. The smallest absolute Gasteiger partial charge is 0.265 e. The van der Waals surface area contributed by atoms with Gasteiger partial charge < -0.3 is 10.6 Å². The van der Waals surface area contributed by atoms with Crippen LogP contribution < -0.4 is 10.6 Å². The molecule has 7 nitrogen and oxygen atoms in total. The van der Waals surface area contributed by atoms with Crippen molar-refractivity contribution in [1.29, 1.82) is 5.26 Å². The molecule has 0 aliphatic carbocycles. The molecule has 3 N–H and O–H groups in total. The number of carbonyl (C=O) groups is 2. The Hall–Kier alpha value is -3.96. The normalized spacial score (nSPS) is 11.2. The van der Waals surface area contributed by atoms with E-state index in [1.807, 2.05) is 18.2 Å². The van der Waals surface area contributed by atoms with Gasteiger partial charge in [-0.05, 0) is 53.4 Å². The van der Waals surface area contributed by atoms with Crippen molar-refractivity contribution < 1.29 is 9.59 Å². The number of anilines is 2. The molecule has 160 valence electrons. The predicted molar refractivity (Wildman–Crippen MR) is 126 cm³/mol. The van der Waals surface area contributed by atoms with E-state index >= 15 is 0 Å². The molecular formula is C24H21N5O2S. The maximum absolute atomic E-state index is 12.7. The summed E-state index contributed by atoms with van der Waals surface area (Å²) in [6.45, 7) is 6.36. The van der Waals surface area contributed by atoms with Crippen LogP contribution in [0.1, 0.15) is 51.9 Å². The lowest BCUT2D eigenvalue weighted by Gasteiger charge is -2.18. The van der Waals surface area contributed by atoms with E-state index in [0.29, 0.717) is 37.7 Å². The summed E-state index contributed by atoms with van der Waals surface area (Å²) in [6.07, 6.45) is 0. The maximum Gasteiger partial charge on any atom is 0.265 e. The van der Waals surface area contributed by atoms with Crippen molar-refractivity contribution >= 4 is 44.9 Å². The predicted octanol–water partition coefficient (Wildman–Crippen LogP) is 5.30. The zero-order valence-electron chi connectivity index (χ0n) is 17.8. The molecule has 0 radical (unpaired) electrons. The van der Waals surface area contributed by atoms with Gasteiger partial charge in [-0.25, -0.2) is 0 Å². The average molecular weight is 444 g/mol. The van der Waals surface area contributed by atoms with Crippen molar-refractivity contribution in [3.05, 3.63) is 76.2 Å². The SMILES string of the molecule is CC(C)(C)c1ccc(C(=O)Nc2n[nH]c3sc(C(=O)Nc4ccc(C#N)cc4)cc23)cc1. The third kappa shape index (κ3) is 4.38. The lowest BCUT2D eigenvalue weighted by atomic mass is 9.87. The second kappa shape index (κ2) is 8.29. The molecule has 2 aromatic carbocycles. The summed E-state index contributed by atoms with van der Waals surface area (Å²) >= 11 is 1.25. The summed E-state index contributed by atoms with van der Waals surface area (Å²) < 4.78 is 0. The largest absolute Gasteiger partial charge is 0.321 e. The van der Waals surface area contributed by atoms with Crippen LogP contribution in [0.25, 0.3) is 10.2 Å². The van der Waals surface area contributed by atoms with Gasteiger partial charge in [-0.15, -0.1) is 11.3 Å². The van der Waals surface area contributed by atoms with Gasteiger partial charge in [0.25, 0.3) is 11.8 Å². The summed E-state index contributed by atoms with van der Waals surface area (Å²) in [5.74, 6) is -0.174. The number of rotatable bonds is 4. The van der Waals surface area contributed by atoms with Crippen molar-refractivity contribution in [1.82, 2.24) is 10.2 Å². The molecule has 4 aromatic rings. The fraction of sp³-hybridized carbons (Fsp3) is 0.167. The average Bonchev–Trinajstić information content (AvgIpc) is 3.36. The van der Waals surface area contributed by atoms with Crippen LogP contribution in [0, 0.1) is 11.3 Å². The Labute approximate surface area is 189 Å². The van der Waals surface area contributed by atoms with Gasteiger partial charge in [-0.1, -0.05) is 32.9 Å². The first kappa shape index (κ1) is 21.3. The van der Waals surface area contributed by atoms with Crippen LogP contribution in [-0.2, 0) is 5.41 Å². The van der Waals surface area contributed by atoms with E-state index in [2.05, 4.69) is 41.6 Å². The van der Waals surface area contributed by atoms with Crippen molar-refractivity contribution in [2.75, 3.05) is 10.6 Å². The van der Waals surface area contributed by atoms with E-state index in [9.17, 15) is 9.59 Å². The number of carbonyl (C=O) groups excluding carboxylic acids is 2. The van der Waals surface area contributed by atoms with Gasteiger partial charge in [0.05, 0.1) is 21.9 Å². The monoisotopic (exact) mass is 443 g/mol. The van der Waals surface area contributed by atoms with Gasteiger partial charge in [-0.3, -0.25) is 14.7 Å². The van der Waals surface area contributed by atoms with Gasteiger partial charge in [0, 0.05) is 11.3 Å². The van der Waals surface area contributed by atoms with Crippen molar-refractivity contribution in [2.45, 2.75) is 26.2 Å². The number of aromatic amines is 1. The lowest BCUT2D eigenvalue weighted by molar-refractivity contribution is 0.102. The summed E-state index contributed by atoms with van der Waals surface area (Å²) in [6, 6.07) is 17.9. The van der Waals surface area contributed by atoms with Gasteiger partial charge in [0.1, 0.15) is 4.83 Å². The van der Waals surface area contributed by atoms with Crippen LogP contribution in [0.5, 0.6) is 0 Å². The highest BCUT2D eigenvalue weighted by Gasteiger charge is 2.18. The van der Waals surface area contributed by atoms with E-state index in [1.54, 1.807) is 42.5 Å². The Bertz CT molecular complexity index is 1340. The van der Waals surface area contributed by atoms with Crippen LogP contribution >= 0.6 is 11.3 Å². The van der Waals surface area contributed by atoms with Crippen LogP contribution in [0.15, 0.2) is 54.6 Å². The summed E-state index contributed by atoms with van der Waals surface area (Å²) in [4.78, 5) is 26.5. The number of fused-ring (bicyclic) bond motifs is 1. The molecule has 8 heteroatoms. The van der Waals surface area contributed by atoms with Gasteiger partial charge in [-0.2, -0.15) is 10.4 Å². The first-order chi connectivity index (χ1) is 15.2. The third-order valence-corrected chi connectivity index (χ3v) is 6.04. The van der Waals surface area contributed by atoms with Gasteiger partial charge in [0.15, 0.2) is 5.82 Å². The molecule has 0 spiro atoms. The fourth-order valence-electron chi connectivity index (χ4n) is 3.15. The molecule has 4 rings (SSSR count). The first-order valence-corrected chi connectivity index (χ1v) is 10.8. The molecule has 2 amide bonds. The molecular weight excluding hydrogens is 422 g/mol. The van der Waals surface area contributed by atoms with Crippen LogP contribution in [0.2, 0.25) is 0 Å². The minimum absolute atomic E-state index is 0.00871. The number of nitrogens with zero attached hydrogens (tertiary/aromatic N) is 2. The summed E-state index contributed by atoms with van der Waals surface area (Å²) in [5.41, 5.74) is 2.80. The molecule has 0 saturated heterocycles. The molecule has 2 aromatic heterocycles. The molecule has 0 saturated carbocycles. The highest BCUT2D eigenvalue weighted by atomic mass is 32.1. The van der Waals surface area contributed by atoms with Crippen LogP contribution in [-0.4, -0.2) is 22.0 Å². The van der Waals surface area contributed by atoms with Gasteiger partial charge >= 0.3 is 0 Å². The Kier molecular flexibility index (Phi) is 5.51. The number of hydrogen-bond donors (Lipinski definition) is 3. The number of nitriles is 1. The highest BCUT2D eigenvalue weighted by Crippen LogP contribution is 2.30. The summed E-state index contributed by atoms with van der Waals surface area (Å²) in [7, 11) is 0. The Morgan fingerprint density at radius 3 is 2.31 bits per heavy atom. The minimum atomic E-state index is -0.278. The number of benzene rings is 2.